The van der Waals surface area contributed by atoms with E-state index in [1.807, 2.05) is 6.92 Å². The zero-order chi connectivity index (χ0) is 10.6. The zero-order valence-electron chi connectivity index (χ0n) is 9.12. The Morgan fingerprint density at radius 1 is 1.29 bits per heavy atom. The van der Waals surface area contributed by atoms with Crippen LogP contribution in [-0.2, 0) is 10.0 Å². The lowest BCUT2D eigenvalue weighted by atomic mass is 9.85. The summed E-state index contributed by atoms with van der Waals surface area (Å²) < 4.78 is 25.4. The smallest absolute Gasteiger partial charge is 0.211 e. The van der Waals surface area contributed by atoms with Gasteiger partial charge >= 0.3 is 0 Å². The molecule has 1 saturated carbocycles. The highest BCUT2D eigenvalue weighted by molar-refractivity contribution is 7.89. The first-order valence-electron chi connectivity index (χ1n) is 5.55. The standard InChI is InChI=1S/C10H21NO2S/c1-3-14(12,13)11-9(2)10-7-5-4-6-8-10/h9-11H,3-8H2,1-2H3. The number of nitrogens with one attached hydrogen (secondary N) is 1. The molecule has 1 aliphatic carbocycles. The van der Waals surface area contributed by atoms with Crippen molar-refractivity contribution in [2.24, 2.45) is 5.92 Å². The summed E-state index contributed by atoms with van der Waals surface area (Å²) in [6.45, 7) is 3.67. The van der Waals surface area contributed by atoms with Gasteiger partial charge in [0.05, 0.1) is 5.75 Å². The fraction of sp³-hybridized carbons (Fsp3) is 1.00. The van der Waals surface area contributed by atoms with Crippen molar-refractivity contribution in [2.45, 2.75) is 52.0 Å². The predicted molar refractivity (Wildman–Crippen MR) is 58.6 cm³/mol. The second-order valence-electron chi connectivity index (χ2n) is 4.21. The molecule has 0 bridgehead atoms. The van der Waals surface area contributed by atoms with Crippen molar-refractivity contribution in [1.82, 2.24) is 4.72 Å². The van der Waals surface area contributed by atoms with Crippen LogP contribution in [0.15, 0.2) is 0 Å². The van der Waals surface area contributed by atoms with Crippen LogP contribution >= 0.6 is 0 Å². The van der Waals surface area contributed by atoms with Crippen LogP contribution in [0.3, 0.4) is 0 Å². The van der Waals surface area contributed by atoms with Gasteiger partial charge in [-0.3, -0.25) is 0 Å². The molecule has 0 aromatic heterocycles. The lowest BCUT2D eigenvalue weighted by molar-refractivity contribution is 0.303. The fourth-order valence-corrected chi connectivity index (χ4v) is 3.02. The van der Waals surface area contributed by atoms with Crippen LogP contribution in [0.1, 0.15) is 46.0 Å². The van der Waals surface area contributed by atoms with Crippen LogP contribution in [0.25, 0.3) is 0 Å². The van der Waals surface area contributed by atoms with Crippen LogP contribution in [0.2, 0.25) is 0 Å². The molecule has 0 aliphatic heterocycles. The molecule has 1 rings (SSSR count). The number of hydrogen-bond donors (Lipinski definition) is 1. The third-order valence-electron chi connectivity index (χ3n) is 3.10. The molecule has 0 aromatic rings. The Labute approximate surface area is 87.3 Å². The van der Waals surface area contributed by atoms with Gasteiger partial charge < -0.3 is 0 Å². The molecular formula is C10H21NO2S. The first kappa shape index (κ1) is 12.0. The minimum Gasteiger partial charge on any atom is -0.212 e. The number of sulfonamides is 1. The van der Waals surface area contributed by atoms with E-state index in [1.54, 1.807) is 6.92 Å². The quantitative estimate of drug-likeness (QED) is 0.785. The van der Waals surface area contributed by atoms with Gasteiger partial charge in [-0.25, -0.2) is 13.1 Å². The predicted octanol–water partition coefficient (Wildman–Crippen LogP) is 1.89. The van der Waals surface area contributed by atoms with E-state index in [1.165, 1.54) is 32.1 Å². The molecule has 1 atom stereocenters. The first-order valence-corrected chi connectivity index (χ1v) is 7.20. The summed E-state index contributed by atoms with van der Waals surface area (Å²) in [6, 6.07) is 0.111. The zero-order valence-corrected chi connectivity index (χ0v) is 9.94. The molecule has 84 valence electrons. The Kier molecular flexibility index (Phi) is 4.38. The minimum absolute atomic E-state index is 0.111. The lowest BCUT2D eigenvalue weighted by Crippen LogP contribution is -2.39. The molecule has 0 amide bonds. The van der Waals surface area contributed by atoms with E-state index < -0.39 is 10.0 Å². The van der Waals surface area contributed by atoms with E-state index in [9.17, 15) is 8.42 Å². The van der Waals surface area contributed by atoms with E-state index in [-0.39, 0.29) is 11.8 Å². The molecule has 0 saturated heterocycles. The molecule has 0 spiro atoms. The van der Waals surface area contributed by atoms with Gasteiger partial charge in [0.2, 0.25) is 10.0 Å². The second kappa shape index (κ2) is 5.12. The Morgan fingerprint density at radius 2 is 1.86 bits per heavy atom. The van der Waals surface area contributed by atoms with Crippen molar-refractivity contribution in [2.75, 3.05) is 5.75 Å². The van der Waals surface area contributed by atoms with Crippen LogP contribution in [0.5, 0.6) is 0 Å². The maximum Gasteiger partial charge on any atom is 0.211 e. The summed E-state index contributed by atoms with van der Waals surface area (Å²) >= 11 is 0. The van der Waals surface area contributed by atoms with Crippen molar-refractivity contribution in [3.63, 3.8) is 0 Å². The summed E-state index contributed by atoms with van der Waals surface area (Å²) in [7, 11) is -3.02. The van der Waals surface area contributed by atoms with E-state index in [0.717, 1.165) is 0 Å². The minimum atomic E-state index is -3.02. The van der Waals surface area contributed by atoms with Crippen LogP contribution in [0, 0.1) is 5.92 Å². The Bertz CT molecular complexity index is 255. The van der Waals surface area contributed by atoms with Gasteiger partial charge in [0.15, 0.2) is 0 Å². The summed E-state index contributed by atoms with van der Waals surface area (Å²) in [6.07, 6.45) is 6.16. The molecule has 1 fully saturated rings. The molecular weight excluding hydrogens is 198 g/mol. The van der Waals surface area contributed by atoms with Crippen molar-refractivity contribution >= 4 is 10.0 Å². The van der Waals surface area contributed by atoms with Crippen molar-refractivity contribution < 1.29 is 8.42 Å². The summed E-state index contributed by atoms with van der Waals surface area (Å²) in [4.78, 5) is 0. The topological polar surface area (TPSA) is 46.2 Å². The Morgan fingerprint density at radius 3 is 2.36 bits per heavy atom. The van der Waals surface area contributed by atoms with E-state index in [4.69, 9.17) is 0 Å². The summed E-state index contributed by atoms with van der Waals surface area (Å²) in [5, 5.41) is 0. The number of hydrogen-bond acceptors (Lipinski definition) is 2. The van der Waals surface area contributed by atoms with Gasteiger partial charge in [-0.2, -0.15) is 0 Å². The van der Waals surface area contributed by atoms with E-state index in [2.05, 4.69) is 4.72 Å². The largest absolute Gasteiger partial charge is 0.212 e. The average Bonchev–Trinajstić information content (AvgIpc) is 2.19. The third kappa shape index (κ3) is 3.58. The molecule has 1 unspecified atom stereocenters. The van der Waals surface area contributed by atoms with E-state index >= 15 is 0 Å². The molecule has 1 N–H and O–H groups in total. The maximum atomic E-state index is 11.3. The SMILES string of the molecule is CCS(=O)(=O)NC(C)C1CCCCC1. The highest BCUT2D eigenvalue weighted by Crippen LogP contribution is 2.26. The number of rotatable bonds is 4. The van der Waals surface area contributed by atoms with E-state index in [0.29, 0.717) is 5.92 Å². The molecule has 0 heterocycles. The Balaban J connectivity index is 2.44. The summed E-state index contributed by atoms with van der Waals surface area (Å²) in [5.41, 5.74) is 0. The molecule has 0 radical (unpaired) electrons. The fourth-order valence-electron chi connectivity index (χ4n) is 2.10. The van der Waals surface area contributed by atoms with Crippen LogP contribution in [0.4, 0.5) is 0 Å². The van der Waals surface area contributed by atoms with Gasteiger partial charge in [-0.05, 0) is 32.6 Å². The third-order valence-corrected chi connectivity index (χ3v) is 4.59. The van der Waals surface area contributed by atoms with Crippen LogP contribution in [-0.4, -0.2) is 20.2 Å². The van der Waals surface area contributed by atoms with Gasteiger partial charge in [-0.15, -0.1) is 0 Å². The Hall–Kier alpha value is -0.0900. The van der Waals surface area contributed by atoms with Crippen LogP contribution < -0.4 is 4.72 Å². The van der Waals surface area contributed by atoms with Crippen molar-refractivity contribution in [3.05, 3.63) is 0 Å². The molecule has 3 nitrogen and oxygen atoms in total. The van der Waals surface area contributed by atoms with Crippen molar-refractivity contribution in [1.29, 1.82) is 0 Å². The highest BCUT2D eigenvalue weighted by Gasteiger charge is 2.22. The average molecular weight is 219 g/mol. The van der Waals surface area contributed by atoms with Gasteiger partial charge in [-0.1, -0.05) is 19.3 Å². The molecule has 1 aliphatic rings. The van der Waals surface area contributed by atoms with Gasteiger partial charge in [0, 0.05) is 6.04 Å². The second-order valence-corrected chi connectivity index (χ2v) is 6.25. The molecule has 0 aromatic carbocycles. The molecule has 4 heteroatoms. The highest BCUT2D eigenvalue weighted by atomic mass is 32.2. The lowest BCUT2D eigenvalue weighted by Gasteiger charge is -2.27. The first-order chi connectivity index (χ1) is 6.55. The molecule has 14 heavy (non-hydrogen) atoms. The normalized spacial score (nSPS) is 22.1. The monoisotopic (exact) mass is 219 g/mol. The van der Waals surface area contributed by atoms with Gasteiger partial charge in [0.1, 0.15) is 0 Å². The van der Waals surface area contributed by atoms with Gasteiger partial charge in [0.25, 0.3) is 0 Å². The summed E-state index contributed by atoms with van der Waals surface area (Å²) in [5.74, 6) is 0.731. The van der Waals surface area contributed by atoms with Crippen molar-refractivity contribution in [3.8, 4) is 0 Å². The maximum absolute atomic E-state index is 11.3.